The maximum atomic E-state index is 12.3. The summed E-state index contributed by atoms with van der Waals surface area (Å²) in [4.78, 5) is 26.4. The van der Waals surface area contributed by atoms with E-state index in [4.69, 9.17) is 10.1 Å². The lowest BCUT2D eigenvalue weighted by atomic mass is 10.2. The van der Waals surface area contributed by atoms with Crippen LogP contribution in [-0.4, -0.2) is 63.8 Å². The first kappa shape index (κ1) is 18.9. The molecule has 0 unspecified atom stereocenters. The zero-order valence-electron chi connectivity index (χ0n) is 12.9. The Morgan fingerprint density at radius 1 is 1.05 bits per heavy atom. The highest BCUT2D eigenvalue weighted by Gasteiger charge is 2.34. The number of imide groups is 1. The number of amidine groups is 1. The van der Waals surface area contributed by atoms with Crippen molar-refractivity contribution < 1.29 is 14.3 Å². The van der Waals surface area contributed by atoms with Gasteiger partial charge in [-0.25, -0.2) is 13.3 Å². The number of carbonyl (C=O) groups is 2. The predicted octanol–water partition coefficient (Wildman–Crippen LogP) is 2.70. The van der Waals surface area contributed by atoms with Gasteiger partial charge in [0, 0.05) is 26.6 Å². The SMILES string of the molecule is CSN(SC)C(=O)N(C(=N)OC(C)(C)C)C(=O)N(C)C. The molecule has 0 fully saturated rings. The summed E-state index contributed by atoms with van der Waals surface area (Å²) in [5.41, 5.74) is -0.675. The smallest absolute Gasteiger partial charge is 0.356 e. The molecule has 0 atom stereocenters. The van der Waals surface area contributed by atoms with Crippen LogP contribution >= 0.6 is 23.9 Å². The fraction of sp³-hybridized carbons (Fsp3) is 0.727. The molecule has 0 aromatic carbocycles. The molecule has 0 rings (SSSR count). The van der Waals surface area contributed by atoms with Gasteiger partial charge in [0.25, 0.3) is 0 Å². The molecule has 0 aliphatic rings. The first-order valence-corrected chi connectivity index (χ1v) is 8.12. The van der Waals surface area contributed by atoms with Crippen molar-refractivity contribution in [2.75, 3.05) is 26.6 Å². The van der Waals surface area contributed by atoms with Crippen LogP contribution in [0.1, 0.15) is 20.8 Å². The van der Waals surface area contributed by atoms with Gasteiger partial charge in [0.1, 0.15) is 5.60 Å². The number of urea groups is 2. The second kappa shape index (κ2) is 7.63. The van der Waals surface area contributed by atoms with E-state index in [-0.39, 0.29) is 0 Å². The quantitative estimate of drug-likeness (QED) is 0.480. The topological polar surface area (TPSA) is 76.9 Å². The van der Waals surface area contributed by atoms with E-state index in [1.165, 1.54) is 22.7 Å². The van der Waals surface area contributed by atoms with Crippen molar-refractivity contribution in [3.63, 3.8) is 0 Å². The Morgan fingerprint density at radius 3 is 1.80 bits per heavy atom. The largest absolute Gasteiger partial charge is 0.459 e. The highest BCUT2D eigenvalue weighted by molar-refractivity contribution is 8.12. The maximum Gasteiger partial charge on any atom is 0.356 e. The molecule has 116 valence electrons. The zero-order chi connectivity index (χ0) is 16.1. The molecule has 20 heavy (non-hydrogen) atoms. The fourth-order valence-corrected chi connectivity index (χ4v) is 2.18. The summed E-state index contributed by atoms with van der Waals surface area (Å²) in [5, 5.41) is 7.89. The average Bonchev–Trinajstić information content (AvgIpc) is 2.28. The van der Waals surface area contributed by atoms with E-state index < -0.39 is 23.7 Å². The minimum atomic E-state index is -0.675. The van der Waals surface area contributed by atoms with Gasteiger partial charge in [-0.05, 0) is 44.7 Å². The highest BCUT2D eigenvalue weighted by Crippen LogP contribution is 2.21. The van der Waals surface area contributed by atoms with Gasteiger partial charge in [-0.2, -0.15) is 4.90 Å². The Morgan fingerprint density at radius 2 is 1.50 bits per heavy atom. The third-order valence-corrected chi connectivity index (χ3v) is 3.73. The maximum absolute atomic E-state index is 12.3. The lowest BCUT2D eigenvalue weighted by molar-refractivity contribution is 0.0902. The molecule has 0 spiro atoms. The van der Waals surface area contributed by atoms with Gasteiger partial charge in [-0.1, -0.05) is 0 Å². The van der Waals surface area contributed by atoms with Gasteiger partial charge in [0.2, 0.25) is 0 Å². The van der Waals surface area contributed by atoms with E-state index in [1.54, 1.807) is 33.3 Å². The third kappa shape index (κ3) is 5.49. The van der Waals surface area contributed by atoms with Crippen molar-refractivity contribution >= 4 is 42.0 Å². The molecule has 9 heteroatoms. The first-order valence-electron chi connectivity index (χ1n) is 5.76. The summed E-state index contributed by atoms with van der Waals surface area (Å²) in [6.45, 7) is 5.22. The van der Waals surface area contributed by atoms with E-state index in [1.807, 2.05) is 0 Å². The standard InChI is InChI=1S/C11H22N4O3S2/c1-11(2,3)18-8(12)14(9(16)13(4)5)10(17)15(19-6)20-7/h12H,1-7H3. The van der Waals surface area contributed by atoms with Gasteiger partial charge in [0.15, 0.2) is 0 Å². The molecular weight excluding hydrogens is 300 g/mol. The van der Waals surface area contributed by atoms with Crippen LogP contribution in [0.25, 0.3) is 0 Å². The first-order chi connectivity index (χ1) is 9.05. The van der Waals surface area contributed by atoms with Crippen LogP contribution in [0.2, 0.25) is 0 Å². The van der Waals surface area contributed by atoms with Crippen LogP contribution in [0.4, 0.5) is 9.59 Å². The molecule has 4 amide bonds. The Bertz CT molecular complexity index is 378. The van der Waals surface area contributed by atoms with Gasteiger partial charge in [-0.15, -0.1) is 0 Å². The number of amides is 4. The van der Waals surface area contributed by atoms with Crippen LogP contribution in [0, 0.1) is 5.41 Å². The molecule has 0 aromatic heterocycles. The Hall–Kier alpha value is -1.09. The lowest BCUT2D eigenvalue weighted by Gasteiger charge is -2.30. The van der Waals surface area contributed by atoms with Gasteiger partial charge >= 0.3 is 18.1 Å². The summed E-state index contributed by atoms with van der Waals surface area (Å²) in [6.07, 6.45) is 3.42. The normalized spacial score (nSPS) is 10.8. The molecule has 0 aliphatic carbocycles. The number of hydrogen-bond acceptors (Lipinski definition) is 6. The van der Waals surface area contributed by atoms with E-state index in [0.717, 1.165) is 23.9 Å². The molecule has 0 bridgehead atoms. The van der Waals surface area contributed by atoms with Gasteiger partial charge in [-0.3, -0.25) is 5.41 Å². The summed E-state index contributed by atoms with van der Waals surface area (Å²) < 4.78 is 6.62. The lowest BCUT2D eigenvalue weighted by Crippen LogP contribution is -2.51. The zero-order valence-corrected chi connectivity index (χ0v) is 14.5. The van der Waals surface area contributed by atoms with E-state index in [0.29, 0.717) is 4.90 Å². The number of nitrogens with one attached hydrogen (secondary N) is 1. The van der Waals surface area contributed by atoms with Gasteiger partial charge in [0.05, 0.1) is 0 Å². The summed E-state index contributed by atoms with van der Waals surface area (Å²) >= 11 is 2.31. The number of ether oxygens (including phenoxy) is 1. The second-order valence-corrected chi connectivity index (χ2v) is 6.63. The van der Waals surface area contributed by atoms with Crippen LogP contribution < -0.4 is 0 Å². The van der Waals surface area contributed by atoms with Crippen molar-refractivity contribution in [1.29, 1.82) is 5.41 Å². The molecule has 1 N–H and O–H groups in total. The van der Waals surface area contributed by atoms with E-state index in [9.17, 15) is 9.59 Å². The second-order valence-electron chi connectivity index (χ2n) is 4.94. The molecule has 0 aliphatic heterocycles. The number of carbonyl (C=O) groups excluding carboxylic acids is 2. The minimum absolute atomic E-state index is 0.491. The monoisotopic (exact) mass is 322 g/mol. The predicted molar refractivity (Wildman–Crippen MR) is 83.8 cm³/mol. The average molecular weight is 322 g/mol. The van der Waals surface area contributed by atoms with Crippen molar-refractivity contribution in [1.82, 2.24) is 13.5 Å². The van der Waals surface area contributed by atoms with Crippen molar-refractivity contribution in [2.45, 2.75) is 26.4 Å². The Labute approximate surface area is 128 Å². The molecule has 0 aromatic rings. The van der Waals surface area contributed by atoms with E-state index >= 15 is 0 Å². The molecule has 0 saturated heterocycles. The third-order valence-electron chi connectivity index (χ3n) is 1.86. The minimum Gasteiger partial charge on any atom is -0.459 e. The van der Waals surface area contributed by atoms with Crippen molar-refractivity contribution in [3.8, 4) is 0 Å². The molecule has 0 heterocycles. The van der Waals surface area contributed by atoms with Gasteiger partial charge < -0.3 is 9.64 Å². The number of rotatable bonds is 2. The molecular formula is C11H22N4O3S2. The van der Waals surface area contributed by atoms with Crippen LogP contribution in [0.5, 0.6) is 0 Å². The van der Waals surface area contributed by atoms with Crippen molar-refractivity contribution in [2.24, 2.45) is 0 Å². The summed E-state index contributed by atoms with van der Waals surface area (Å²) in [7, 11) is 3.02. The fourth-order valence-electron chi connectivity index (χ4n) is 1.10. The molecule has 0 saturated carbocycles. The Kier molecular flexibility index (Phi) is 7.21. The van der Waals surface area contributed by atoms with Crippen molar-refractivity contribution in [3.05, 3.63) is 0 Å². The van der Waals surface area contributed by atoms with Crippen LogP contribution in [-0.2, 0) is 4.74 Å². The number of hydrogen-bond donors (Lipinski definition) is 1. The van der Waals surface area contributed by atoms with Crippen LogP contribution in [0.3, 0.4) is 0 Å². The van der Waals surface area contributed by atoms with E-state index in [2.05, 4.69) is 0 Å². The summed E-state index contributed by atoms with van der Waals surface area (Å²) in [5.74, 6) is 0. The number of nitrogens with zero attached hydrogens (tertiary/aromatic N) is 3. The molecule has 0 radical (unpaired) electrons. The summed E-state index contributed by atoms with van der Waals surface area (Å²) in [6, 6.07) is -1.75. The molecule has 7 nitrogen and oxygen atoms in total. The van der Waals surface area contributed by atoms with Crippen LogP contribution in [0.15, 0.2) is 0 Å². The highest BCUT2D eigenvalue weighted by atomic mass is 32.2. The Balaban J connectivity index is 5.34.